The molecule has 4 aromatic carbocycles. The van der Waals surface area contributed by atoms with Crippen LogP contribution in [0, 0.1) is 0 Å². The molecular formula is C30H29NO2SSi. The first-order valence-electron chi connectivity index (χ1n) is 11.8. The van der Waals surface area contributed by atoms with Crippen LogP contribution in [0.5, 0.6) is 0 Å². The first kappa shape index (κ1) is 23.3. The Morgan fingerprint density at radius 3 is 1.60 bits per heavy atom. The fraction of sp³-hybridized carbons (Fsp3) is 0.133. The number of para-hydroxylation sites is 1. The SMILES string of the molecule is CC(C)(C)[Si](c1ccccc1)(c1ccccc1)c1cc2ccccc2n1S(=O)(=O)c1ccccc1. The number of aromatic nitrogens is 1. The van der Waals surface area contributed by atoms with Gasteiger partial charge in [-0.2, -0.15) is 0 Å². The van der Waals surface area contributed by atoms with Crippen molar-refractivity contribution in [2.24, 2.45) is 0 Å². The highest BCUT2D eigenvalue weighted by Gasteiger charge is 2.52. The maximum absolute atomic E-state index is 14.4. The highest BCUT2D eigenvalue weighted by Crippen LogP contribution is 2.37. The van der Waals surface area contributed by atoms with Crippen molar-refractivity contribution in [3.63, 3.8) is 0 Å². The molecule has 3 nitrogen and oxygen atoms in total. The van der Waals surface area contributed by atoms with Crippen LogP contribution in [-0.2, 0) is 10.0 Å². The molecule has 176 valence electrons. The predicted molar refractivity (Wildman–Crippen MR) is 148 cm³/mol. The molecule has 0 radical (unpaired) electrons. The van der Waals surface area contributed by atoms with E-state index < -0.39 is 18.1 Å². The summed E-state index contributed by atoms with van der Waals surface area (Å²) in [5, 5.41) is 3.92. The van der Waals surface area contributed by atoms with Crippen molar-refractivity contribution in [1.82, 2.24) is 3.97 Å². The molecule has 1 heterocycles. The molecule has 35 heavy (non-hydrogen) atoms. The monoisotopic (exact) mass is 495 g/mol. The van der Waals surface area contributed by atoms with E-state index in [2.05, 4.69) is 75.4 Å². The normalized spacial score (nSPS) is 12.7. The lowest BCUT2D eigenvalue weighted by atomic mass is 10.2. The predicted octanol–water partition coefficient (Wildman–Crippen LogP) is 5.15. The van der Waals surface area contributed by atoms with Gasteiger partial charge >= 0.3 is 0 Å². The molecule has 0 N–H and O–H groups in total. The summed E-state index contributed by atoms with van der Waals surface area (Å²) < 4.78 is 30.3. The van der Waals surface area contributed by atoms with Gasteiger partial charge in [0.2, 0.25) is 0 Å². The molecule has 0 amide bonds. The number of rotatable bonds is 5. The summed E-state index contributed by atoms with van der Waals surface area (Å²) in [5.41, 5.74) is 0.708. The zero-order valence-corrected chi connectivity index (χ0v) is 22.0. The fourth-order valence-electron chi connectivity index (χ4n) is 5.44. The van der Waals surface area contributed by atoms with Gasteiger partial charge in [-0.15, -0.1) is 0 Å². The third-order valence-electron chi connectivity index (χ3n) is 6.87. The second kappa shape index (κ2) is 8.67. The smallest absolute Gasteiger partial charge is 0.242 e. The molecule has 0 aliphatic carbocycles. The Morgan fingerprint density at radius 2 is 1.09 bits per heavy atom. The summed E-state index contributed by atoms with van der Waals surface area (Å²) in [6, 6.07) is 39.6. The lowest BCUT2D eigenvalue weighted by Crippen LogP contribution is -2.74. The summed E-state index contributed by atoms with van der Waals surface area (Å²) in [6.45, 7) is 6.74. The summed E-state index contributed by atoms with van der Waals surface area (Å²) in [5.74, 6) is 0. The van der Waals surface area contributed by atoms with Gasteiger partial charge in [0.15, 0.2) is 8.07 Å². The van der Waals surface area contributed by atoms with E-state index in [0.717, 1.165) is 10.7 Å². The van der Waals surface area contributed by atoms with Crippen LogP contribution in [-0.4, -0.2) is 20.5 Å². The van der Waals surface area contributed by atoms with Gasteiger partial charge in [-0.05, 0) is 39.7 Å². The molecule has 5 aromatic rings. The van der Waals surface area contributed by atoms with Gasteiger partial charge in [0.25, 0.3) is 10.0 Å². The first-order chi connectivity index (χ1) is 16.8. The van der Waals surface area contributed by atoms with E-state index in [1.807, 2.05) is 42.5 Å². The summed E-state index contributed by atoms with van der Waals surface area (Å²) in [4.78, 5) is 0.292. The maximum atomic E-state index is 14.4. The Bertz CT molecular complexity index is 1530. The number of hydrogen-bond acceptors (Lipinski definition) is 2. The van der Waals surface area contributed by atoms with Gasteiger partial charge in [-0.1, -0.05) is 118 Å². The molecule has 1 aromatic heterocycles. The molecular weight excluding hydrogens is 466 g/mol. The topological polar surface area (TPSA) is 39.1 Å². The lowest BCUT2D eigenvalue weighted by Gasteiger charge is -2.44. The van der Waals surface area contributed by atoms with E-state index in [9.17, 15) is 8.42 Å². The summed E-state index contributed by atoms with van der Waals surface area (Å²) in [7, 11) is -6.77. The largest absolute Gasteiger partial charge is 0.268 e. The van der Waals surface area contributed by atoms with Gasteiger partial charge < -0.3 is 0 Å². The third-order valence-corrected chi connectivity index (χ3v) is 14.6. The Kier molecular flexibility index (Phi) is 5.78. The average Bonchev–Trinajstić information content (AvgIpc) is 3.26. The van der Waals surface area contributed by atoms with Crippen molar-refractivity contribution < 1.29 is 8.42 Å². The van der Waals surface area contributed by atoms with Crippen molar-refractivity contribution in [2.75, 3.05) is 0 Å². The molecule has 0 aliphatic heterocycles. The number of fused-ring (bicyclic) bond motifs is 1. The summed E-state index contributed by atoms with van der Waals surface area (Å²) >= 11 is 0. The molecule has 0 saturated heterocycles. The van der Waals surface area contributed by atoms with E-state index in [0.29, 0.717) is 10.4 Å². The first-order valence-corrected chi connectivity index (χ1v) is 15.2. The molecule has 0 atom stereocenters. The molecule has 0 spiro atoms. The van der Waals surface area contributed by atoms with E-state index in [-0.39, 0.29) is 5.04 Å². The second-order valence-corrected chi connectivity index (χ2v) is 16.4. The van der Waals surface area contributed by atoms with Crippen molar-refractivity contribution >= 4 is 44.7 Å². The lowest BCUT2D eigenvalue weighted by molar-refractivity contribution is 0.590. The van der Waals surface area contributed by atoms with E-state index in [1.54, 1.807) is 28.2 Å². The highest BCUT2D eigenvalue weighted by atomic mass is 32.2. The Morgan fingerprint density at radius 1 is 0.629 bits per heavy atom. The summed E-state index contributed by atoms with van der Waals surface area (Å²) in [6.07, 6.45) is 0. The molecule has 0 fully saturated rings. The minimum Gasteiger partial charge on any atom is -0.242 e. The van der Waals surface area contributed by atoms with Crippen molar-refractivity contribution in [2.45, 2.75) is 30.7 Å². The number of hydrogen-bond donors (Lipinski definition) is 0. The van der Waals surface area contributed by atoms with Crippen molar-refractivity contribution in [1.29, 1.82) is 0 Å². The molecule has 5 rings (SSSR count). The van der Waals surface area contributed by atoms with E-state index in [4.69, 9.17) is 0 Å². The van der Waals surface area contributed by atoms with Gasteiger partial charge in [-0.3, -0.25) is 0 Å². The van der Waals surface area contributed by atoms with Crippen LogP contribution in [0.3, 0.4) is 0 Å². The van der Waals surface area contributed by atoms with Crippen LogP contribution in [0.25, 0.3) is 10.9 Å². The average molecular weight is 496 g/mol. The molecule has 0 aliphatic rings. The van der Waals surface area contributed by atoms with Gasteiger partial charge in [0, 0.05) is 10.7 Å². The van der Waals surface area contributed by atoms with Crippen molar-refractivity contribution in [3.8, 4) is 0 Å². The minimum atomic E-state index is -3.86. The van der Waals surface area contributed by atoms with Crippen LogP contribution in [0.2, 0.25) is 5.04 Å². The fourth-order valence-corrected chi connectivity index (χ4v) is 13.3. The van der Waals surface area contributed by atoms with Gasteiger partial charge in [0.1, 0.15) is 0 Å². The van der Waals surface area contributed by atoms with Crippen LogP contribution >= 0.6 is 0 Å². The van der Waals surface area contributed by atoms with Crippen LogP contribution in [0.15, 0.2) is 126 Å². The quantitative estimate of drug-likeness (QED) is 0.316. The Hall–Kier alpha value is -3.41. The van der Waals surface area contributed by atoms with E-state index in [1.165, 1.54) is 10.4 Å². The van der Waals surface area contributed by atoms with Crippen LogP contribution < -0.4 is 15.7 Å². The zero-order valence-electron chi connectivity index (χ0n) is 20.2. The van der Waals surface area contributed by atoms with Crippen molar-refractivity contribution in [3.05, 3.63) is 121 Å². The van der Waals surface area contributed by atoms with Gasteiger partial charge in [-0.25, -0.2) is 12.4 Å². The third kappa shape index (κ3) is 3.66. The zero-order chi connectivity index (χ0) is 24.7. The van der Waals surface area contributed by atoms with E-state index >= 15 is 0 Å². The molecule has 0 unspecified atom stereocenters. The molecule has 5 heteroatoms. The van der Waals surface area contributed by atoms with Crippen LogP contribution in [0.4, 0.5) is 0 Å². The van der Waals surface area contributed by atoms with Crippen LogP contribution in [0.1, 0.15) is 20.8 Å². The minimum absolute atomic E-state index is 0.242. The number of nitrogens with zero attached hydrogens (tertiary/aromatic N) is 1. The molecule has 0 bridgehead atoms. The Balaban J connectivity index is 2.00. The second-order valence-electron chi connectivity index (χ2n) is 9.90. The Labute approximate surface area is 208 Å². The number of benzene rings is 4. The highest BCUT2D eigenvalue weighted by molar-refractivity contribution is 7.90. The standard InChI is InChI=1S/C30H29NO2SSi/c1-30(2,3)35(26-18-9-5-10-19-26,27-20-11-6-12-21-27)29-23-24-15-13-14-22-28(24)31(29)34(32,33)25-16-7-4-8-17-25/h4-23H,1-3H3. The molecule has 0 saturated carbocycles. The van der Waals surface area contributed by atoms with Gasteiger partial charge in [0.05, 0.1) is 10.4 Å². The maximum Gasteiger partial charge on any atom is 0.268 e.